The summed E-state index contributed by atoms with van der Waals surface area (Å²) in [4.78, 5) is 12.0. The minimum atomic E-state index is 0.686. The quantitative estimate of drug-likeness (QED) is 0.316. The number of rotatable bonds is 2. The van der Waals surface area contributed by atoms with Crippen LogP contribution in [0.15, 0.2) is 36.4 Å². The molecule has 0 amide bonds. The van der Waals surface area contributed by atoms with Gasteiger partial charge in [-0.3, -0.25) is 0 Å². The predicted octanol–water partition coefficient (Wildman–Crippen LogP) is 6.57. The number of fused-ring (bicyclic) bond motifs is 6. The molecule has 2 unspecified atom stereocenters. The van der Waals surface area contributed by atoms with E-state index in [1.807, 2.05) is 0 Å². The summed E-state index contributed by atoms with van der Waals surface area (Å²) in [7, 11) is 8.81. The van der Waals surface area contributed by atoms with Crippen LogP contribution in [0.1, 0.15) is 59.3 Å². The molecular formula is C32H44N4. The average molecular weight is 485 g/mol. The van der Waals surface area contributed by atoms with Gasteiger partial charge in [-0.2, -0.15) is 0 Å². The number of aromatic nitrogens is 2. The highest BCUT2D eigenvalue weighted by molar-refractivity contribution is 5.86. The van der Waals surface area contributed by atoms with E-state index in [1.165, 1.54) is 95.7 Å². The Kier molecular flexibility index (Phi) is 7.28. The molecule has 4 aromatic rings. The van der Waals surface area contributed by atoms with Crippen molar-refractivity contribution in [3.63, 3.8) is 0 Å². The maximum atomic E-state index is 3.62. The van der Waals surface area contributed by atoms with E-state index >= 15 is 0 Å². The van der Waals surface area contributed by atoms with Gasteiger partial charge in [-0.05, 0) is 129 Å². The van der Waals surface area contributed by atoms with Gasteiger partial charge in [0, 0.05) is 45.3 Å². The van der Waals surface area contributed by atoms with Gasteiger partial charge in [0.05, 0.1) is 0 Å². The molecule has 192 valence electrons. The summed E-state index contributed by atoms with van der Waals surface area (Å²) in [6.45, 7) is 4.36. The van der Waals surface area contributed by atoms with E-state index in [-0.39, 0.29) is 0 Å². The van der Waals surface area contributed by atoms with Crippen LogP contribution >= 0.6 is 0 Å². The number of H-pyrrole nitrogens is 2. The second kappa shape index (κ2) is 10.4. The standard InChI is InChI=1S/2C16H22N2/c1-11-4-8-16-14(10-11)13-7-5-12(18(2)3)6-9-15(13)17-16;1-11-7-8-16-13(9-11)14-10-12(18(2)3)5-4-6-15(14)17-16/h4,8,10,12,17H,5-7,9H2,1-3H3;7-9,12,17H,4-6,10H2,1-3H3. The van der Waals surface area contributed by atoms with Crippen molar-refractivity contribution in [2.24, 2.45) is 0 Å². The molecule has 4 heteroatoms. The Morgan fingerprint density at radius 3 is 1.81 bits per heavy atom. The van der Waals surface area contributed by atoms with Gasteiger partial charge in [0.2, 0.25) is 0 Å². The molecule has 0 radical (unpaired) electrons. The smallest absolute Gasteiger partial charge is 0.0459 e. The normalized spacial score (nSPS) is 20.1. The number of aromatic amines is 2. The molecule has 2 atom stereocenters. The summed E-state index contributed by atoms with van der Waals surface area (Å²) in [6, 6.07) is 14.9. The topological polar surface area (TPSA) is 38.1 Å². The van der Waals surface area contributed by atoms with Gasteiger partial charge in [0.25, 0.3) is 0 Å². The third kappa shape index (κ3) is 5.12. The first-order valence-electron chi connectivity index (χ1n) is 13.8. The number of nitrogens with one attached hydrogen (secondary N) is 2. The van der Waals surface area contributed by atoms with Crippen molar-refractivity contribution >= 4 is 21.8 Å². The number of nitrogens with zero attached hydrogens (tertiary/aromatic N) is 2. The first-order valence-corrected chi connectivity index (χ1v) is 13.8. The molecule has 36 heavy (non-hydrogen) atoms. The highest BCUT2D eigenvalue weighted by Gasteiger charge is 2.22. The summed E-state index contributed by atoms with van der Waals surface area (Å²) in [5, 5.41) is 2.89. The van der Waals surface area contributed by atoms with Crippen molar-refractivity contribution in [3.8, 4) is 0 Å². The number of likely N-dealkylation sites (N-methyl/N-ethyl adjacent to an activating group) is 1. The molecule has 0 saturated carbocycles. The van der Waals surface area contributed by atoms with Crippen molar-refractivity contribution in [2.75, 3.05) is 28.2 Å². The maximum absolute atomic E-state index is 3.62. The molecular weight excluding hydrogens is 440 g/mol. The van der Waals surface area contributed by atoms with Gasteiger partial charge < -0.3 is 19.8 Å². The zero-order valence-corrected chi connectivity index (χ0v) is 23.2. The highest BCUT2D eigenvalue weighted by Crippen LogP contribution is 2.31. The van der Waals surface area contributed by atoms with Crippen LogP contribution in [0.3, 0.4) is 0 Å². The lowest BCUT2D eigenvalue weighted by molar-refractivity contribution is 0.268. The van der Waals surface area contributed by atoms with E-state index in [1.54, 1.807) is 11.1 Å². The van der Waals surface area contributed by atoms with Crippen molar-refractivity contribution in [1.29, 1.82) is 0 Å². The van der Waals surface area contributed by atoms with Crippen LogP contribution in [0, 0.1) is 13.8 Å². The van der Waals surface area contributed by atoms with Crippen LogP contribution in [0.2, 0.25) is 0 Å². The van der Waals surface area contributed by atoms with E-state index < -0.39 is 0 Å². The summed E-state index contributed by atoms with van der Waals surface area (Å²) in [5.41, 5.74) is 11.4. The lowest BCUT2D eigenvalue weighted by Crippen LogP contribution is -2.29. The van der Waals surface area contributed by atoms with E-state index in [0.717, 1.165) is 6.04 Å². The van der Waals surface area contributed by atoms with Crippen LogP contribution in [0.25, 0.3) is 21.8 Å². The summed E-state index contributed by atoms with van der Waals surface area (Å²) in [6.07, 6.45) is 9.93. The fourth-order valence-corrected chi connectivity index (χ4v) is 6.36. The van der Waals surface area contributed by atoms with Crippen LogP contribution in [-0.4, -0.2) is 60.0 Å². The second-order valence-corrected chi connectivity index (χ2v) is 11.7. The van der Waals surface area contributed by atoms with Gasteiger partial charge in [-0.1, -0.05) is 23.3 Å². The fourth-order valence-electron chi connectivity index (χ4n) is 6.36. The Labute approximate surface area is 217 Å². The Balaban J connectivity index is 0.000000148. The van der Waals surface area contributed by atoms with Crippen LogP contribution in [-0.2, 0) is 25.7 Å². The Hall–Kier alpha value is -2.56. The zero-order chi connectivity index (χ0) is 25.4. The fraction of sp³-hybridized carbons (Fsp3) is 0.500. The summed E-state index contributed by atoms with van der Waals surface area (Å²) >= 11 is 0. The molecule has 2 aromatic carbocycles. The molecule has 0 spiro atoms. The van der Waals surface area contributed by atoms with Gasteiger partial charge in [0.1, 0.15) is 0 Å². The lowest BCUT2D eigenvalue weighted by atomic mass is 10.0. The molecule has 6 rings (SSSR count). The largest absolute Gasteiger partial charge is 0.358 e. The number of hydrogen-bond donors (Lipinski definition) is 2. The third-order valence-electron chi connectivity index (χ3n) is 8.62. The predicted molar refractivity (Wildman–Crippen MR) is 154 cm³/mol. The lowest BCUT2D eigenvalue weighted by Gasteiger charge is -2.22. The third-order valence-corrected chi connectivity index (χ3v) is 8.62. The van der Waals surface area contributed by atoms with Crippen molar-refractivity contribution in [1.82, 2.24) is 19.8 Å². The van der Waals surface area contributed by atoms with Gasteiger partial charge in [0.15, 0.2) is 0 Å². The molecule has 2 aromatic heterocycles. The first-order chi connectivity index (χ1) is 17.3. The van der Waals surface area contributed by atoms with E-state index in [9.17, 15) is 0 Å². The number of benzene rings is 2. The monoisotopic (exact) mass is 484 g/mol. The SMILES string of the molecule is Cc1ccc2[nH]c3c(c2c1)CC(N(C)C)CCC3.Cc1ccc2[nH]c3c(c2c1)CCC(N(C)C)CC3. The summed E-state index contributed by atoms with van der Waals surface area (Å²) in [5.74, 6) is 0. The molecule has 0 bridgehead atoms. The van der Waals surface area contributed by atoms with E-state index in [2.05, 4.69) is 98.2 Å². The minimum Gasteiger partial charge on any atom is -0.358 e. The Bertz CT molecular complexity index is 1340. The van der Waals surface area contributed by atoms with Crippen LogP contribution < -0.4 is 0 Å². The first kappa shape index (κ1) is 25.1. The molecule has 0 fully saturated rings. The molecule has 2 heterocycles. The molecule has 4 nitrogen and oxygen atoms in total. The molecule has 2 aliphatic rings. The Morgan fingerprint density at radius 2 is 1.19 bits per heavy atom. The van der Waals surface area contributed by atoms with Crippen molar-refractivity contribution in [3.05, 3.63) is 70.0 Å². The molecule has 2 N–H and O–H groups in total. The molecule has 0 aliphatic heterocycles. The van der Waals surface area contributed by atoms with E-state index in [4.69, 9.17) is 0 Å². The van der Waals surface area contributed by atoms with E-state index in [0.29, 0.717) is 6.04 Å². The Morgan fingerprint density at radius 1 is 0.639 bits per heavy atom. The highest BCUT2D eigenvalue weighted by atomic mass is 15.1. The zero-order valence-electron chi connectivity index (χ0n) is 23.2. The van der Waals surface area contributed by atoms with Crippen molar-refractivity contribution < 1.29 is 0 Å². The van der Waals surface area contributed by atoms with Gasteiger partial charge in [-0.25, -0.2) is 0 Å². The molecule has 0 saturated heterocycles. The van der Waals surface area contributed by atoms with Gasteiger partial charge >= 0.3 is 0 Å². The summed E-state index contributed by atoms with van der Waals surface area (Å²) < 4.78 is 0. The van der Waals surface area contributed by atoms with Crippen molar-refractivity contribution in [2.45, 2.75) is 77.3 Å². The van der Waals surface area contributed by atoms with Gasteiger partial charge in [-0.15, -0.1) is 0 Å². The minimum absolute atomic E-state index is 0.686. The maximum Gasteiger partial charge on any atom is 0.0459 e. The van der Waals surface area contributed by atoms with Crippen LogP contribution in [0.5, 0.6) is 0 Å². The number of aryl methyl sites for hydroxylation is 5. The molecule has 2 aliphatic carbocycles. The number of hydrogen-bond acceptors (Lipinski definition) is 2. The second-order valence-electron chi connectivity index (χ2n) is 11.7. The average Bonchev–Trinajstić information content (AvgIpc) is 3.15. The van der Waals surface area contributed by atoms with Crippen LogP contribution in [0.4, 0.5) is 0 Å².